The number of nitrogens with zero attached hydrogens (tertiary/aromatic N) is 4. The van der Waals surface area contributed by atoms with Gasteiger partial charge in [0.05, 0.1) is 28.3 Å². The average Bonchev–Trinajstić information content (AvgIpc) is 3.28. The van der Waals surface area contributed by atoms with Crippen molar-refractivity contribution in [2.24, 2.45) is 4.99 Å². The highest BCUT2D eigenvalue weighted by molar-refractivity contribution is 6.03. The first-order chi connectivity index (χ1) is 12.7. The Kier molecular flexibility index (Phi) is 3.38. The van der Waals surface area contributed by atoms with E-state index in [4.69, 9.17) is 10.1 Å². The molecule has 4 nitrogen and oxygen atoms in total. The van der Waals surface area contributed by atoms with Crippen LogP contribution >= 0.6 is 0 Å². The number of aryl methyl sites for hydroxylation is 3. The number of hydrogen-bond donors (Lipinski definition) is 0. The summed E-state index contributed by atoms with van der Waals surface area (Å²) in [5.41, 5.74) is 8.03. The molecule has 0 N–H and O–H groups in total. The number of rotatable bonds is 3. The van der Waals surface area contributed by atoms with Crippen molar-refractivity contribution in [2.45, 2.75) is 33.1 Å². The highest BCUT2D eigenvalue weighted by Crippen LogP contribution is 2.35. The molecule has 0 spiro atoms. The minimum atomic E-state index is 0.908. The van der Waals surface area contributed by atoms with Gasteiger partial charge >= 0.3 is 0 Å². The van der Waals surface area contributed by atoms with Crippen molar-refractivity contribution in [1.82, 2.24) is 14.6 Å². The molecule has 4 heteroatoms. The zero-order valence-corrected chi connectivity index (χ0v) is 15.0. The molecule has 128 valence electrons. The van der Waals surface area contributed by atoms with Crippen LogP contribution in [-0.2, 0) is 12.8 Å². The van der Waals surface area contributed by atoms with E-state index in [1.165, 1.54) is 22.0 Å². The third-order valence-corrected chi connectivity index (χ3v) is 5.23. The molecule has 26 heavy (non-hydrogen) atoms. The van der Waals surface area contributed by atoms with Crippen molar-refractivity contribution in [3.63, 3.8) is 0 Å². The van der Waals surface area contributed by atoms with Crippen LogP contribution in [0.15, 0.2) is 53.7 Å². The maximum atomic E-state index is 4.95. The van der Waals surface area contributed by atoms with Crippen LogP contribution in [-0.4, -0.2) is 20.3 Å². The van der Waals surface area contributed by atoms with Crippen LogP contribution < -0.4 is 0 Å². The Hall–Kier alpha value is -3.01. The number of hydrogen-bond acceptors (Lipinski definition) is 3. The molecule has 0 fully saturated rings. The standard InChI is InChI=1S/C22H20N4/c1-14-13-23-15(2)21-12-19(25-26(14)21)10-9-18-11-17-8-7-16-5-3-4-6-20(16)22(17)24-18/h3-8,12-13H,9-11H2,1-2H3. The molecule has 0 amide bonds. The summed E-state index contributed by atoms with van der Waals surface area (Å²) in [6, 6.07) is 15.1. The quantitative estimate of drug-likeness (QED) is 0.539. The molecule has 0 saturated heterocycles. The van der Waals surface area contributed by atoms with Crippen molar-refractivity contribution >= 4 is 27.7 Å². The first kappa shape index (κ1) is 15.3. The lowest BCUT2D eigenvalue weighted by Crippen LogP contribution is -2.01. The van der Waals surface area contributed by atoms with Gasteiger partial charge in [0.1, 0.15) is 0 Å². The van der Waals surface area contributed by atoms with Gasteiger partial charge in [0.25, 0.3) is 0 Å². The van der Waals surface area contributed by atoms with Gasteiger partial charge in [0, 0.05) is 23.7 Å². The molecule has 0 saturated carbocycles. The normalized spacial score (nSPS) is 13.4. The second-order valence-corrected chi connectivity index (χ2v) is 7.07. The number of fused-ring (bicyclic) bond motifs is 4. The Morgan fingerprint density at radius 1 is 1.04 bits per heavy atom. The molecule has 1 aliphatic heterocycles. The molecule has 2 aromatic heterocycles. The monoisotopic (exact) mass is 340 g/mol. The topological polar surface area (TPSA) is 42.5 Å². The fourth-order valence-corrected chi connectivity index (χ4v) is 3.80. The lowest BCUT2D eigenvalue weighted by Gasteiger charge is -2.02. The highest BCUT2D eigenvalue weighted by Gasteiger charge is 2.17. The molecule has 0 atom stereocenters. The van der Waals surface area contributed by atoms with E-state index in [1.54, 1.807) is 0 Å². The van der Waals surface area contributed by atoms with Crippen molar-refractivity contribution in [2.75, 3.05) is 0 Å². The molecule has 0 unspecified atom stereocenters. The third-order valence-electron chi connectivity index (χ3n) is 5.23. The van der Waals surface area contributed by atoms with E-state index in [2.05, 4.69) is 47.4 Å². The summed E-state index contributed by atoms with van der Waals surface area (Å²) >= 11 is 0. The Balaban J connectivity index is 1.42. The summed E-state index contributed by atoms with van der Waals surface area (Å²) in [5, 5.41) is 7.27. The van der Waals surface area contributed by atoms with Crippen LogP contribution in [0.25, 0.3) is 16.3 Å². The maximum absolute atomic E-state index is 4.95. The Bertz CT molecular complexity index is 1140. The summed E-state index contributed by atoms with van der Waals surface area (Å²) < 4.78 is 2.00. The van der Waals surface area contributed by atoms with E-state index in [0.29, 0.717) is 0 Å². The molecule has 3 heterocycles. The lowest BCUT2D eigenvalue weighted by atomic mass is 10.0. The fraction of sp³-hybridized carbons (Fsp3) is 0.227. The molecule has 0 bridgehead atoms. The lowest BCUT2D eigenvalue weighted by molar-refractivity contribution is 0.839. The molecule has 0 aliphatic carbocycles. The predicted octanol–water partition coefficient (Wildman–Crippen LogP) is 4.76. The molecule has 0 radical (unpaired) electrons. The number of aromatic nitrogens is 3. The van der Waals surface area contributed by atoms with E-state index < -0.39 is 0 Å². The summed E-state index contributed by atoms with van der Waals surface area (Å²) in [4.78, 5) is 9.38. The minimum absolute atomic E-state index is 0.908. The van der Waals surface area contributed by atoms with E-state index in [1.807, 2.05) is 24.6 Å². The molecule has 2 aromatic carbocycles. The molecular weight excluding hydrogens is 320 g/mol. The first-order valence-corrected chi connectivity index (χ1v) is 9.07. The van der Waals surface area contributed by atoms with Crippen LogP contribution in [0.5, 0.6) is 0 Å². The largest absolute Gasteiger partial charge is 0.257 e. The van der Waals surface area contributed by atoms with Crippen LogP contribution in [0.1, 0.15) is 29.1 Å². The third kappa shape index (κ3) is 2.41. The number of aliphatic imine (C=N–C) groups is 1. The SMILES string of the molecule is Cc1ncc(C)n2nc(CCC3=Nc4c(ccc5ccccc45)C3)cc12. The molecule has 4 aromatic rings. The van der Waals surface area contributed by atoms with Gasteiger partial charge in [-0.1, -0.05) is 36.4 Å². The zero-order valence-electron chi connectivity index (χ0n) is 15.0. The summed E-state index contributed by atoms with van der Waals surface area (Å²) in [6.45, 7) is 4.07. The second-order valence-electron chi connectivity index (χ2n) is 7.07. The van der Waals surface area contributed by atoms with Gasteiger partial charge in [-0.05, 0) is 43.7 Å². The highest BCUT2D eigenvalue weighted by atomic mass is 15.2. The van der Waals surface area contributed by atoms with Gasteiger partial charge in [0.2, 0.25) is 0 Å². The van der Waals surface area contributed by atoms with Crippen LogP contribution in [0, 0.1) is 13.8 Å². The van der Waals surface area contributed by atoms with Gasteiger partial charge in [0.15, 0.2) is 0 Å². The van der Waals surface area contributed by atoms with Crippen molar-refractivity contribution < 1.29 is 0 Å². The Morgan fingerprint density at radius 2 is 1.92 bits per heavy atom. The van der Waals surface area contributed by atoms with Gasteiger partial charge in [-0.3, -0.25) is 9.98 Å². The van der Waals surface area contributed by atoms with Crippen LogP contribution in [0.3, 0.4) is 0 Å². The minimum Gasteiger partial charge on any atom is -0.257 e. The van der Waals surface area contributed by atoms with Gasteiger partial charge in [-0.15, -0.1) is 0 Å². The van der Waals surface area contributed by atoms with Crippen molar-refractivity contribution in [1.29, 1.82) is 0 Å². The summed E-state index contributed by atoms with van der Waals surface area (Å²) in [7, 11) is 0. The Morgan fingerprint density at radius 3 is 2.81 bits per heavy atom. The zero-order chi connectivity index (χ0) is 17.7. The summed E-state index contributed by atoms with van der Waals surface area (Å²) in [6.07, 6.45) is 4.68. The second kappa shape index (κ2) is 5.77. The number of benzene rings is 2. The smallest absolute Gasteiger partial charge is 0.0880 e. The van der Waals surface area contributed by atoms with E-state index in [9.17, 15) is 0 Å². The van der Waals surface area contributed by atoms with Gasteiger partial charge in [-0.2, -0.15) is 5.10 Å². The van der Waals surface area contributed by atoms with Crippen LogP contribution in [0.4, 0.5) is 5.69 Å². The molecule has 5 rings (SSSR count). The van der Waals surface area contributed by atoms with Gasteiger partial charge < -0.3 is 0 Å². The van der Waals surface area contributed by atoms with Crippen molar-refractivity contribution in [3.05, 3.63) is 71.3 Å². The van der Waals surface area contributed by atoms with Gasteiger partial charge in [-0.25, -0.2) is 4.52 Å². The first-order valence-electron chi connectivity index (χ1n) is 9.07. The fourth-order valence-electron chi connectivity index (χ4n) is 3.80. The maximum Gasteiger partial charge on any atom is 0.0880 e. The van der Waals surface area contributed by atoms with Crippen molar-refractivity contribution in [3.8, 4) is 0 Å². The molecular formula is C22H20N4. The molecule has 1 aliphatic rings. The predicted molar refractivity (Wildman–Crippen MR) is 106 cm³/mol. The summed E-state index contributed by atoms with van der Waals surface area (Å²) in [5.74, 6) is 0. The van der Waals surface area contributed by atoms with Crippen LogP contribution in [0.2, 0.25) is 0 Å². The van der Waals surface area contributed by atoms with E-state index in [-0.39, 0.29) is 0 Å². The average molecular weight is 340 g/mol. The Labute approximate surface area is 152 Å². The van der Waals surface area contributed by atoms with E-state index >= 15 is 0 Å². The van der Waals surface area contributed by atoms with E-state index in [0.717, 1.165) is 47.5 Å².